The Bertz CT molecular complexity index is 277. The van der Waals surface area contributed by atoms with E-state index in [1.165, 1.54) is 70.6 Å². The number of esters is 1. The van der Waals surface area contributed by atoms with Crippen molar-refractivity contribution in [2.24, 2.45) is 0 Å². The second-order valence-electron chi connectivity index (χ2n) is 6.28. The number of ether oxygens (including phenoxy) is 1. The number of unbranched alkanes of at least 4 members (excludes halogenated alkanes) is 11. The molecule has 0 bridgehead atoms. The van der Waals surface area contributed by atoms with Gasteiger partial charge >= 0.3 is 5.97 Å². The smallest absolute Gasteiger partial charge is 0.305 e. The zero-order valence-electron chi connectivity index (χ0n) is 15.2. The highest BCUT2D eigenvalue weighted by Crippen LogP contribution is 2.11. The van der Waals surface area contributed by atoms with Crippen molar-refractivity contribution in [1.29, 1.82) is 0 Å². The summed E-state index contributed by atoms with van der Waals surface area (Å²) < 4.78 is 4.99. The lowest BCUT2D eigenvalue weighted by Gasteiger charge is -2.03. The fourth-order valence-corrected chi connectivity index (χ4v) is 2.66. The Balaban J connectivity index is 3.12. The van der Waals surface area contributed by atoms with Crippen molar-refractivity contribution in [3.8, 4) is 0 Å². The Morgan fingerprint density at radius 3 is 1.91 bits per heavy atom. The van der Waals surface area contributed by atoms with Gasteiger partial charge in [0, 0.05) is 12.2 Å². The van der Waals surface area contributed by atoms with Gasteiger partial charge in [0.2, 0.25) is 0 Å². The van der Waals surface area contributed by atoms with Crippen molar-refractivity contribution >= 4 is 18.6 Å². The molecule has 0 aliphatic rings. The molecule has 0 amide bonds. The summed E-state index contributed by atoms with van der Waals surface area (Å²) in [6, 6.07) is 0. The maximum Gasteiger partial charge on any atom is 0.305 e. The van der Waals surface area contributed by atoms with Crippen molar-refractivity contribution < 1.29 is 9.53 Å². The lowest BCUT2D eigenvalue weighted by atomic mass is 10.1. The average Bonchev–Trinajstić information content (AvgIpc) is 2.56. The van der Waals surface area contributed by atoms with E-state index >= 15 is 0 Å². The fourth-order valence-electron chi connectivity index (χ4n) is 2.57. The first-order valence-electron chi connectivity index (χ1n) is 9.72. The van der Waals surface area contributed by atoms with Gasteiger partial charge in [-0.25, -0.2) is 0 Å². The topological polar surface area (TPSA) is 26.3 Å². The molecule has 0 N–H and O–H groups in total. The number of carbonyl (C=O) groups is 1. The van der Waals surface area contributed by atoms with E-state index in [1.54, 1.807) is 0 Å². The quantitative estimate of drug-likeness (QED) is 0.141. The molecule has 0 atom stereocenters. The summed E-state index contributed by atoms with van der Waals surface area (Å²) in [4.78, 5) is 11.3. The van der Waals surface area contributed by atoms with E-state index in [-0.39, 0.29) is 5.97 Å². The Morgan fingerprint density at radius 2 is 1.35 bits per heavy atom. The van der Waals surface area contributed by atoms with Crippen molar-refractivity contribution in [2.75, 3.05) is 12.4 Å². The summed E-state index contributed by atoms with van der Waals surface area (Å²) in [7, 11) is 0. The molecule has 0 aromatic carbocycles. The van der Waals surface area contributed by atoms with Crippen LogP contribution in [-0.4, -0.2) is 18.3 Å². The van der Waals surface area contributed by atoms with Crippen LogP contribution in [0.1, 0.15) is 96.8 Å². The van der Waals surface area contributed by atoms with E-state index in [2.05, 4.69) is 31.7 Å². The third-order valence-corrected chi connectivity index (χ3v) is 4.18. The van der Waals surface area contributed by atoms with Gasteiger partial charge in [-0.05, 0) is 32.1 Å². The third kappa shape index (κ3) is 19.5. The molecule has 23 heavy (non-hydrogen) atoms. The van der Waals surface area contributed by atoms with Crippen LogP contribution in [0.2, 0.25) is 0 Å². The van der Waals surface area contributed by atoms with Crippen LogP contribution < -0.4 is 0 Å². The van der Waals surface area contributed by atoms with Crippen molar-refractivity contribution in [3.05, 3.63) is 12.2 Å². The molecule has 0 unspecified atom stereocenters. The van der Waals surface area contributed by atoms with Crippen LogP contribution in [-0.2, 0) is 9.53 Å². The predicted octanol–water partition coefficient (Wildman–Crippen LogP) is 6.50. The summed E-state index contributed by atoms with van der Waals surface area (Å²) >= 11 is 4.02. The first kappa shape index (κ1) is 22.6. The molecule has 3 heteroatoms. The zero-order valence-corrected chi connectivity index (χ0v) is 16.1. The Kier molecular flexibility index (Phi) is 19.2. The van der Waals surface area contributed by atoms with Crippen molar-refractivity contribution in [2.45, 2.75) is 96.8 Å². The molecular formula is C20H38O2S. The molecule has 0 aliphatic carbocycles. The van der Waals surface area contributed by atoms with Crippen molar-refractivity contribution in [1.82, 2.24) is 0 Å². The van der Waals surface area contributed by atoms with Crippen LogP contribution >= 0.6 is 12.6 Å². The standard InChI is InChI=1S/C20H38O2S/c1-2-3-4-5-6-7-8-9-10-11-12-13-14-15-16-17-20(21)22-18-19-23/h6-7,23H,2-5,8-19H2,1H3/b7-6+. The summed E-state index contributed by atoms with van der Waals surface area (Å²) in [5, 5.41) is 0. The van der Waals surface area contributed by atoms with Gasteiger partial charge in [0.25, 0.3) is 0 Å². The van der Waals surface area contributed by atoms with Crippen LogP contribution in [0.4, 0.5) is 0 Å². The highest BCUT2D eigenvalue weighted by Gasteiger charge is 2.01. The molecule has 0 saturated carbocycles. The number of hydrogen-bond donors (Lipinski definition) is 1. The monoisotopic (exact) mass is 342 g/mol. The van der Waals surface area contributed by atoms with E-state index in [0.717, 1.165) is 12.8 Å². The second-order valence-corrected chi connectivity index (χ2v) is 6.73. The zero-order chi connectivity index (χ0) is 17.0. The Morgan fingerprint density at radius 1 is 0.826 bits per heavy atom. The van der Waals surface area contributed by atoms with Gasteiger partial charge < -0.3 is 4.74 Å². The SMILES string of the molecule is CCCCC/C=C/CCCCCCCCCCC(=O)OCCS. The molecule has 0 aromatic heterocycles. The van der Waals surface area contributed by atoms with Gasteiger partial charge in [-0.1, -0.05) is 70.4 Å². The minimum Gasteiger partial charge on any atom is -0.465 e. The molecule has 2 nitrogen and oxygen atoms in total. The number of carbonyl (C=O) groups excluding carboxylic acids is 1. The normalized spacial score (nSPS) is 11.2. The Labute approximate surface area is 149 Å². The van der Waals surface area contributed by atoms with Gasteiger partial charge in [0.05, 0.1) is 0 Å². The van der Waals surface area contributed by atoms with Gasteiger partial charge in [-0.15, -0.1) is 0 Å². The van der Waals surface area contributed by atoms with E-state index in [9.17, 15) is 4.79 Å². The maximum atomic E-state index is 11.3. The van der Waals surface area contributed by atoms with Crippen LogP contribution in [0, 0.1) is 0 Å². The summed E-state index contributed by atoms with van der Waals surface area (Å²) in [5.74, 6) is 0.544. The summed E-state index contributed by atoms with van der Waals surface area (Å²) in [6.07, 6.45) is 21.9. The highest BCUT2D eigenvalue weighted by molar-refractivity contribution is 7.80. The third-order valence-electron chi connectivity index (χ3n) is 4.00. The van der Waals surface area contributed by atoms with Gasteiger partial charge in [0.15, 0.2) is 0 Å². The van der Waals surface area contributed by atoms with Gasteiger partial charge in [-0.2, -0.15) is 12.6 Å². The molecule has 0 aromatic rings. The first-order chi connectivity index (χ1) is 11.3. The molecule has 0 rings (SSSR count). The molecule has 0 spiro atoms. The molecule has 0 saturated heterocycles. The van der Waals surface area contributed by atoms with Crippen LogP contribution in [0.5, 0.6) is 0 Å². The molecular weight excluding hydrogens is 304 g/mol. The first-order valence-corrected chi connectivity index (χ1v) is 10.4. The predicted molar refractivity (Wildman–Crippen MR) is 104 cm³/mol. The number of rotatable bonds is 17. The molecule has 0 radical (unpaired) electrons. The summed E-state index contributed by atoms with van der Waals surface area (Å²) in [6.45, 7) is 2.69. The summed E-state index contributed by atoms with van der Waals surface area (Å²) in [5.41, 5.74) is 0. The average molecular weight is 343 g/mol. The highest BCUT2D eigenvalue weighted by atomic mass is 32.1. The van der Waals surface area contributed by atoms with Crippen molar-refractivity contribution in [3.63, 3.8) is 0 Å². The molecule has 136 valence electrons. The fraction of sp³-hybridized carbons (Fsp3) is 0.850. The molecule has 0 heterocycles. The van der Waals surface area contributed by atoms with E-state index in [0.29, 0.717) is 18.8 Å². The Hall–Kier alpha value is -0.440. The number of hydrogen-bond acceptors (Lipinski definition) is 3. The second kappa shape index (κ2) is 19.6. The van der Waals surface area contributed by atoms with Crippen LogP contribution in [0.15, 0.2) is 12.2 Å². The van der Waals surface area contributed by atoms with Crippen LogP contribution in [0.25, 0.3) is 0 Å². The van der Waals surface area contributed by atoms with Crippen LogP contribution in [0.3, 0.4) is 0 Å². The molecule has 0 fully saturated rings. The van der Waals surface area contributed by atoms with E-state index < -0.39 is 0 Å². The number of allylic oxidation sites excluding steroid dienone is 2. The lowest BCUT2D eigenvalue weighted by molar-refractivity contribution is -0.143. The largest absolute Gasteiger partial charge is 0.465 e. The van der Waals surface area contributed by atoms with E-state index in [4.69, 9.17) is 4.74 Å². The minimum atomic E-state index is -0.0678. The van der Waals surface area contributed by atoms with Gasteiger partial charge in [-0.3, -0.25) is 4.79 Å². The molecule has 0 aliphatic heterocycles. The van der Waals surface area contributed by atoms with Gasteiger partial charge in [0.1, 0.15) is 6.61 Å². The maximum absolute atomic E-state index is 11.3. The number of thiol groups is 1. The lowest BCUT2D eigenvalue weighted by Crippen LogP contribution is -2.06. The van der Waals surface area contributed by atoms with E-state index in [1.807, 2.05) is 0 Å². The minimum absolute atomic E-state index is 0.0678.